The van der Waals surface area contributed by atoms with Gasteiger partial charge in [0.15, 0.2) is 0 Å². The van der Waals surface area contributed by atoms with Crippen LogP contribution < -0.4 is 5.73 Å². The lowest BCUT2D eigenvalue weighted by Gasteiger charge is -2.19. The lowest BCUT2D eigenvalue weighted by Crippen LogP contribution is -2.38. The van der Waals surface area contributed by atoms with E-state index in [1.54, 1.807) is 0 Å². The summed E-state index contributed by atoms with van der Waals surface area (Å²) >= 11 is 5.44. The Balaban J connectivity index is 0.00000289. The van der Waals surface area contributed by atoms with Crippen LogP contribution in [-0.4, -0.2) is 17.3 Å². The van der Waals surface area contributed by atoms with E-state index < -0.39 is 30.6 Å². The third-order valence-electron chi connectivity index (χ3n) is 2.24. The number of halogens is 6. The summed E-state index contributed by atoms with van der Waals surface area (Å²) in [6.45, 7) is 0. The van der Waals surface area contributed by atoms with E-state index in [-0.39, 0.29) is 23.0 Å². The molecule has 0 fully saturated rings. The van der Waals surface area contributed by atoms with Crippen molar-refractivity contribution in [3.05, 3.63) is 34.6 Å². The van der Waals surface area contributed by atoms with Crippen molar-refractivity contribution in [2.75, 3.05) is 0 Å². The zero-order valence-electron chi connectivity index (χ0n) is 8.92. The molecule has 2 nitrogen and oxygen atoms in total. The zero-order chi connectivity index (χ0) is 13.2. The molecule has 0 saturated heterocycles. The fourth-order valence-corrected chi connectivity index (χ4v) is 1.46. The molecule has 1 aromatic rings. The molecular formula is C10H11Cl2F4NO. The van der Waals surface area contributed by atoms with Gasteiger partial charge in [-0.3, -0.25) is 0 Å². The molecule has 0 aliphatic rings. The predicted octanol–water partition coefficient (Wildman–Crippen LogP) is 3.21. The van der Waals surface area contributed by atoms with Gasteiger partial charge in [-0.25, -0.2) is 4.39 Å². The first-order chi connectivity index (χ1) is 7.73. The van der Waals surface area contributed by atoms with Crippen molar-refractivity contribution in [2.24, 2.45) is 5.73 Å². The van der Waals surface area contributed by atoms with E-state index in [0.29, 0.717) is 0 Å². The van der Waals surface area contributed by atoms with Crippen molar-refractivity contribution in [1.82, 2.24) is 0 Å². The molecule has 8 heteroatoms. The van der Waals surface area contributed by atoms with Gasteiger partial charge in [0.25, 0.3) is 0 Å². The number of aliphatic hydroxyl groups excluding tert-OH is 1. The van der Waals surface area contributed by atoms with Crippen molar-refractivity contribution in [1.29, 1.82) is 0 Å². The average molecular weight is 308 g/mol. The first kappa shape index (κ1) is 17.4. The highest BCUT2D eigenvalue weighted by Gasteiger charge is 2.38. The summed E-state index contributed by atoms with van der Waals surface area (Å²) in [6.07, 6.45) is -7.10. The maximum absolute atomic E-state index is 13.4. The van der Waals surface area contributed by atoms with Crippen LogP contribution in [0.5, 0.6) is 0 Å². The van der Waals surface area contributed by atoms with Gasteiger partial charge in [0.1, 0.15) is 11.9 Å². The van der Waals surface area contributed by atoms with Crippen molar-refractivity contribution in [2.45, 2.75) is 24.7 Å². The van der Waals surface area contributed by atoms with Crippen LogP contribution in [0, 0.1) is 5.82 Å². The Kier molecular flexibility index (Phi) is 6.36. The molecular weight excluding hydrogens is 297 g/mol. The van der Waals surface area contributed by atoms with Gasteiger partial charge in [-0.1, -0.05) is 23.7 Å². The molecule has 1 aromatic carbocycles. The molecule has 0 unspecified atom stereocenters. The SMILES string of the molecule is Cl.N[C@H](C[C@@H](O)c1cccc(Cl)c1F)C(F)(F)F. The third kappa shape index (κ3) is 4.28. The highest BCUT2D eigenvalue weighted by molar-refractivity contribution is 6.30. The lowest BCUT2D eigenvalue weighted by atomic mass is 10.0. The normalized spacial score (nSPS) is 14.8. The fourth-order valence-electron chi connectivity index (χ4n) is 1.28. The Morgan fingerprint density at radius 3 is 2.39 bits per heavy atom. The van der Waals surface area contributed by atoms with E-state index in [4.69, 9.17) is 17.3 Å². The standard InChI is InChI=1S/C10H10ClF4NO.ClH/c11-6-3-1-2-5(9(6)12)7(17)4-8(16)10(13,14)15;/h1-3,7-8,17H,4,16H2;1H/t7-,8-;/m1./s1. The molecule has 0 heterocycles. The summed E-state index contributed by atoms with van der Waals surface area (Å²) < 4.78 is 49.8. The summed E-state index contributed by atoms with van der Waals surface area (Å²) in [5.74, 6) is -0.934. The number of benzene rings is 1. The van der Waals surface area contributed by atoms with E-state index in [2.05, 4.69) is 0 Å². The van der Waals surface area contributed by atoms with Crippen LogP contribution >= 0.6 is 24.0 Å². The smallest absolute Gasteiger partial charge is 0.388 e. The molecule has 0 aliphatic heterocycles. The van der Waals surface area contributed by atoms with Crippen molar-refractivity contribution >= 4 is 24.0 Å². The van der Waals surface area contributed by atoms with Crippen molar-refractivity contribution in [3.63, 3.8) is 0 Å². The van der Waals surface area contributed by atoms with Gasteiger partial charge >= 0.3 is 6.18 Å². The Morgan fingerprint density at radius 2 is 1.89 bits per heavy atom. The van der Waals surface area contributed by atoms with Gasteiger partial charge < -0.3 is 10.8 Å². The predicted molar refractivity (Wildman–Crippen MR) is 62.3 cm³/mol. The summed E-state index contributed by atoms with van der Waals surface area (Å²) in [6, 6.07) is 1.52. The molecule has 2 atom stereocenters. The number of alkyl halides is 3. The number of hydrogen-bond acceptors (Lipinski definition) is 2. The van der Waals surface area contributed by atoms with Crippen LogP contribution in [0.15, 0.2) is 18.2 Å². The Labute approximate surface area is 112 Å². The molecule has 0 amide bonds. The highest BCUT2D eigenvalue weighted by Crippen LogP contribution is 2.29. The number of aliphatic hydroxyl groups is 1. The maximum Gasteiger partial charge on any atom is 0.403 e. The topological polar surface area (TPSA) is 46.2 Å². The quantitative estimate of drug-likeness (QED) is 0.842. The molecule has 3 N–H and O–H groups in total. The van der Waals surface area contributed by atoms with Gasteiger partial charge in [0.05, 0.1) is 11.1 Å². The highest BCUT2D eigenvalue weighted by atomic mass is 35.5. The second-order valence-electron chi connectivity index (χ2n) is 3.54. The molecule has 0 radical (unpaired) electrons. The fraction of sp³-hybridized carbons (Fsp3) is 0.400. The molecule has 104 valence electrons. The second-order valence-corrected chi connectivity index (χ2v) is 3.95. The minimum absolute atomic E-state index is 0. The number of rotatable bonds is 3. The minimum atomic E-state index is -4.63. The Hall–Kier alpha value is -0.560. The van der Waals surface area contributed by atoms with Crippen LogP contribution in [-0.2, 0) is 0 Å². The molecule has 0 saturated carbocycles. The van der Waals surface area contributed by atoms with Crippen LogP contribution in [0.4, 0.5) is 17.6 Å². The largest absolute Gasteiger partial charge is 0.403 e. The number of nitrogens with two attached hydrogens (primary N) is 1. The van der Waals surface area contributed by atoms with E-state index in [1.807, 2.05) is 0 Å². The summed E-state index contributed by atoms with van der Waals surface area (Å²) in [4.78, 5) is 0. The van der Waals surface area contributed by atoms with E-state index in [0.717, 1.165) is 6.07 Å². The summed E-state index contributed by atoms with van der Waals surface area (Å²) in [7, 11) is 0. The van der Waals surface area contributed by atoms with Crippen molar-refractivity contribution < 1.29 is 22.7 Å². The Bertz CT molecular complexity index is 400. The van der Waals surface area contributed by atoms with Gasteiger partial charge in [0.2, 0.25) is 0 Å². The molecule has 0 spiro atoms. The molecule has 0 aliphatic carbocycles. The molecule has 0 bridgehead atoms. The van der Waals surface area contributed by atoms with Crippen LogP contribution in [0.1, 0.15) is 18.1 Å². The van der Waals surface area contributed by atoms with Gasteiger partial charge in [0, 0.05) is 12.0 Å². The molecule has 1 rings (SSSR count). The maximum atomic E-state index is 13.4. The third-order valence-corrected chi connectivity index (χ3v) is 2.53. The van der Waals surface area contributed by atoms with Crippen LogP contribution in [0.2, 0.25) is 5.02 Å². The zero-order valence-corrected chi connectivity index (χ0v) is 10.5. The van der Waals surface area contributed by atoms with Crippen LogP contribution in [0.25, 0.3) is 0 Å². The molecule has 18 heavy (non-hydrogen) atoms. The van der Waals surface area contributed by atoms with Gasteiger partial charge in [-0.15, -0.1) is 12.4 Å². The minimum Gasteiger partial charge on any atom is -0.388 e. The summed E-state index contributed by atoms with van der Waals surface area (Å²) in [5.41, 5.74) is 4.54. The lowest BCUT2D eigenvalue weighted by molar-refractivity contribution is -0.154. The first-order valence-electron chi connectivity index (χ1n) is 4.67. The van der Waals surface area contributed by atoms with Gasteiger partial charge in [-0.05, 0) is 6.07 Å². The second kappa shape index (κ2) is 6.56. The van der Waals surface area contributed by atoms with E-state index in [9.17, 15) is 22.7 Å². The monoisotopic (exact) mass is 307 g/mol. The van der Waals surface area contributed by atoms with Gasteiger partial charge in [-0.2, -0.15) is 13.2 Å². The van der Waals surface area contributed by atoms with Crippen molar-refractivity contribution in [3.8, 4) is 0 Å². The average Bonchev–Trinajstić information content (AvgIpc) is 2.20. The van der Waals surface area contributed by atoms with E-state index >= 15 is 0 Å². The summed E-state index contributed by atoms with van der Waals surface area (Å²) in [5, 5.41) is 9.22. The van der Waals surface area contributed by atoms with E-state index in [1.165, 1.54) is 12.1 Å². The van der Waals surface area contributed by atoms with Crippen LogP contribution in [0.3, 0.4) is 0 Å². The Morgan fingerprint density at radius 1 is 1.33 bits per heavy atom. The molecule has 0 aromatic heterocycles. The number of hydrogen-bond donors (Lipinski definition) is 2. The first-order valence-corrected chi connectivity index (χ1v) is 5.05.